The Labute approximate surface area is 221 Å². The lowest BCUT2D eigenvalue weighted by Gasteiger charge is -2.36. The second-order valence-electron chi connectivity index (χ2n) is 9.34. The summed E-state index contributed by atoms with van der Waals surface area (Å²) < 4.78 is 5.76. The predicted octanol–water partition coefficient (Wildman–Crippen LogP) is 3.77. The smallest absolute Gasteiger partial charge is 0.254 e. The zero-order valence-electron chi connectivity index (χ0n) is 20.6. The summed E-state index contributed by atoms with van der Waals surface area (Å²) in [5, 5.41) is 9.36. The normalized spacial score (nSPS) is 17.6. The molecule has 2 aromatic carbocycles. The Hall–Kier alpha value is -3.49. The minimum Gasteiger partial charge on any atom is -0.376 e. The standard InChI is InChI=1S/C28H30ClN5O3/c29-23-10-8-22(9-11-23)28(36)34(19-24-7-4-18-37-24)20-27(35)33-16-14-32(15-17-33)26-13-12-25(30-31-26)21-5-2-1-3-6-21/h1-3,5-6,8-13,24H,4,7,14-20H2/t24-/m0/s1. The second-order valence-corrected chi connectivity index (χ2v) is 9.77. The molecule has 3 aromatic rings. The highest BCUT2D eigenvalue weighted by atomic mass is 35.5. The van der Waals surface area contributed by atoms with E-state index in [2.05, 4.69) is 15.1 Å². The van der Waals surface area contributed by atoms with Gasteiger partial charge in [0.05, 0.1) is 11.8 Å². The number of aromatic nitrogens is 2. The molecular formula is C28H30ClN5O3. The van der Waals surface area contributed by atoms with Crippen LogP contribution < -0.4 is 4.90 Å². The van der Waals surface area contributed by atoms with Gasteiger partial charge in [0, 0.05) is 55.5 Å². The van der Waals surface area contributed by atoms with Crippen molar-refractivity contribution in [2.45, 2.75) is 18.9 Å². The van der Waals surface area contributed by atoms with Gasteiger partial charge in [-0.2, -0.15) is 0 Å². The van der Waals surface area contributed by atoms with Crippen LogP contribution >= 0.6 is 11.6 Å². The van der Waals surface area contributed by atoms with E-state index in [0.29, 0.717) is 49.9 Å². The minimum absolute atomic E-state index is 0.0207. The summed E-state index contributed by atoms with van der Waals surface area (Å²) in [7, 11) is 0. The summed E-state index contributed by atoms with van der Waals surface area (Å²) in [4.78, 5) is 32.1. The highest BCUT2D eigenvalue weighted by Gasteiger charge is 2.28. The Morgan fingerprint density at radius 2 is 1.70 bits per heavy atom. The van der Waals surface area contributed by atoms with Crippen molar-refractivity contribution >= 4 is 29.2 Å². The van der Waals surface area contributed by atoms with Gasteiger partial charge in [-0.15, -0.1) is 10.2 Å². The lowest BCUT2D eigenvalue weighted by atomic mass is 10.1. The molecule has 3 heterocycles. The average Bonchev–Trinajstić information content (AvgIpc) is 3.47. The quantitative estimate of drug-likeness (QED) is 0.473. The van der Waals surface area contributed by atoms with Crippen molar-refractivity contribution in [2.24, 2.45) is 0 Å². The van der Waals surface area contributed by atoms with Gasteiger partial charge in [-0.3, -0.25) is 9.59 Å². The fourth-order valence-electron chi connectivity index (χ4n) is 4.73. The molecule has 8 nitrogen and oxygen atoms in total. The van der Waals surface area contributed by atoms with E-state index in [0.717, 1.165) is 29.9 Å². The van der Waals surface area contributed by atoms with Crippen LogP contribution in [0.2, 0.25) is 5.02 Å². The molecule has 0 spiro atoms. The number of carbonyl (C=O) groups excluding carboxylic acids is 2. The zero-order chi connectivity index (χ0) is 25.6. The second kappa shape index (κ2) is 11.7. The molecule has 0 N–H and O–H groups in total. The highest BCUT2D eigenvalue weighted by Crippen LogP contribution is 2.20. The largest absolute Gasteiger partial charge is 0.376 e. The zero-order valence-corrected chi connectivity index (χ0v) is 21.4. The van der Waals surface area contributed by atoms with Crippen molar-refractivity contribution in [3.63, 3.8) is 0 Å². The molecule has 2 aliphatic rings. The number of piperazine rings is 1. The molecule has 0 unspecified atom stereocenters. The topological polar surface area (TPSA) is 78.9 Å². The Morgan fingerprint density at radius 3 is 2.35 bits per heavy atom. The maximum atomic E-state index is 13.3. The van der Waals surface area contributed by atoms with Gasteiger partial charge in [0.1, 0.15) is 6.54 Å². The van der Waals surface area contributed by atoms with E-state index in [9.17, 15) is 9.59 Å². The molecule has 0 radical (unpaired) electrons. The molecule has 192 valence electrons. The Morgan fingerprint density at radius 1 is 0.946 bits per heavy atom. The monoisotopic (exact) mass is 519 g/mol. The van der Waals surface area contributed by atoms with Gasteiger partial charge in [-0.1, -0.05) is 41.9 Å². The first-order valence-electron chi connectivity index (χ1n) is 12.6. The van der Waals surface area contributed by atoms with Crippen molar-refractivity contribution in [3.05, 3.63) is 77.3 Å². The van der Waals surface area contributed by atoms with E-state index >= 15 is 0 Å². The fraction of sp³-hybridized carbons (Fsp3) is 0.357. The van der Waals surface area contributed by atoms with Crippen molar-refractivity contribution in [3.8, 4) is 11.3 Å². The molecule has 0 bridgehead atoms. The average molecular weight is 520 g/mol. The predicted molar refractivity (Wildman–Crippen MR) is 143 cm³/mol. The summed E-state index contributed by atoms with van der Waals surface area (Å²) in [6.07, 6.45) is 1.82. The molecule has 2 aliphatic heterocycles. The number of halogens is 1. The van der Waals surface area contributed by atoms with Gasteiger partial charge in [-0.05, 0) is 49.2 Å². The first-order valence-corrected chi connectivity index (χ1v) is 13.0. The maximum Gasteiger partial charge on any atom is 0.254 e. The molecule has 9 heteroatoms. The molecule has 1 aromatic heterocycles. The number of carbonyl (C=O) groups is 2. The van der Waals surface area contributed by atoms with Crippen LogP contribution in [-0.2, 0) is 9.53 Å². The van der Waals surface area contributed by atoms with Gasteiger partial charge in [-0.25, -0.2) is 0 Å². The van der Waals surface area contributed by atoms with E-state index in [4.69, 9.17) is 16.3 Å². The molecule has 2 saturated heterocycles. The summed E-state index contributed by atoms with van der Waals surface area (Å²) in [6, 6.07) is 20.7. The van der Waals surface area contributed by atoms with Crippen LogP contribution in [0.5, 0.6) is 0 Å². The van der Waals surface area contributed by atoms with Crippen LogP contribution in [0.1, 0.15) is 23.2 Å². The summed E-state index contributed by atoms with van der Waals surface area (Å²) in [5.74, 6) is 0.545. The van der Waals surface area contributed by atoms with Crippen molar-refractivity contribution < 1.29 is 14.3 Å². The number of ether oxygens (including phenoxy) is 1. The molecule has 0 saturated carbocycles. The molecule has 37 heavy (non-hydrogen) atoms. The van der Waals surface area contributed by atoms with Crippen LogP contribution in [0.25, 0.3) is 11.3 Å². The molecular weight excluding hydrogens is 490 g/mol. The van der Waals surface area contributed by atoms with Crippen LogP contribution in [0.15, 0.2) is 66.7 Å². The number of benzene rings is 2. The van der Waals surface area contributed by atoms with E-state index in [1.807, 2.05) is 47.4 Å². The van der Waals surface area contributed by atoms with Crippen LogP contribution in [0.4, 0.5) is 5.82 Å². The molecule has 5 rings (SSSR count). The molecule has 2 fully saturated rings. The van der Waals surface area contributed by atoms with Gasteiger partial charge >= 0.3 is 0 Å². The molecule has 2 amide bonds. The SMILES string of the molecule is O=C(CN(C[C@@H]1CCCO1)C(=O)c1ccc(Cl)cc1)N1CCN(c2ccc(-c3ccccc3)nn2)CC1. The number of hydrogen-bond donors (Lipinski definition) is 0. The van der Waals surface area contributed by atoms with Gasteiger partial charge in [0.25, 0.3) is 5.91 Å². The number of nitrogens with zero attached hydrogens (tertiary/aromatic N) is 5. The molecule has 1 atom stereocenters. The van der Waals surface area contributed by atoms with Crippen molar-refractivity contribution in [1.82, 2.24) is 20.0 Å². The third kappa shape index (κ3) is 6.26. The van der Waals surface area contributed by atoms with Crippen LogP contribution in [0.3, 0.4) is 0 Å². The Bertz CT molecular complexity index is 1190. The Balaban J connectivity index is 1.19. The van der Waals surface area contributed by atoms with Crippen molar-refractivity contribution in [2.75, 3.05) is 50.8 Å². The van der Waals surface area contributed by atoms with E-state index < -0.39 is 0 Å². The first kappa shape index (κ1) is 25.2. The highest BCUT2D eigenvalue weighted by molar-refractivity contribution is 6.30. The lowest BCUT2D eigenvalue weighted by Crippen LogP contribution is -2.52. The summed E-state index contributed by atoms with van der Waals surface area (Å²) in [5.41, 5.74) is 2.37. The van der Waals surface area contributed by atoms with Gasteiger partial charge in [0.15, 0.2) is 5.82 Å². The molecule has 0 aliphatic carbocycles. The minimum atomic E-state index is -0.187. The van der Waals surface area contributed by atoms with Crippen LogP contribution in [-0.4, -0.2) is 83.8 Å². The van der Waals surface area contributed by atoms with Crippen molar-refractivity contribution in [1.29, 1.82) is 0 Å². The summed E-state index contributed by atoms with van der Waals surface area (Å²) in [6.45, 7) is 3.54. The van der Waals surface area contributed by atoms with Gasteiger partial charge < -0.3 is 19.4 Å². The first-order chi connectivity index (χ1) is 18.1. The number of rotatable bonds is 7. The van der Waals surface area contributed by atoms with Crippen LogP contribution in [0, 0.1) is 0 Å². The van der Waals surface area contributed by atoms with E-state index in [1.54, 1.807) is 29.2 Å². The number of hydrogen-bond acceptors (Lipinski definition) is 6. The maximum absolute atomic E-state index is 13.3. The third-order valence-corrected chi connectivity index (χ3v) is 7.08. The lowest BCUT2D eigenvalue weighted by molar-refractivity contribution is -0.132. The fourth-order valence-corrected chi connectivity index (χ4v) is 4.86. The van der Waals surface area contributed by atoms with E-state index in [1.165, 1.54) is 0 Å². The number of amides is 2. The summed E-state index contributed by atoms with van der Waals surface area (Å²) >= 11 is 5.99. The number of anilines is 1. The van der Waals surface area contributed by atoms with E-state index in [-0.39, 0.29) is 24.5 Å². The third-order valence-electron chi connectivity index (χ3n) is 6.83. The van der Waals surface area contributed by atoms with Gasteiger partial charge in [0.2, 0.25) is 5.91 Å². The Kier molecular flexibility index (Phi) is 7.96.